The Kier molecular flexibility index (Phi) is 8.86. The summed E-state index contributed by atoms with van der Waals surface area (Å²) in [6.07, 6.45) is 13.5. The van der Waals surface area contributed by atoms with Crippen molar-refractivity contribution in [3.8, 4) is 0 Å². The Morgan fingerprint density at radius 2 is 1.38 bits per heavy atom. The smallest absolute Gasteiger partial charge is 0.282 e. The van der Waals surface area contributed by atoms with Gasteiger partial charge in [0.15, 0.2) is 0 Å². The highest BCUT2D eigenvalue weighted by Gasteiger charge is 2.47. The first-order valence-corrected chi connectivity index (χ1v) is 12.1. The first kappa shape index (κ1) is 23.7. The molecule has 1 aliphatic rings. The third kappa shape index (κ3) is 6.67. The molecule has 0 aromatic heterocycles. The molecule has 3 nitrogen and oxygen atoms in total. The number of rotatable bonds is 11. The fourth-order valence-electron chi connectivity index (χ4n) is 5.44. The lowest BCUT2D eigenvalue weighted by Crippen LogP contribution is -2.40. The van der Waals surface area contributed by atoms with Crippen LogP contribution in [0.15, 0.2) is 10.5 Å². The van der Waals surface area contributed by atoms with Crippen molar-refractivity contribution in [1.82, 2.24) is 0 Å². The SMILES string of the molecule is CCCCCCCCCCCC1C(C)=C(S(=O)(=O)O)C(C)(C)CC1(C)C. The minimum absolute atomic E-state index is 0.0575. The van der Waals surface area contributed by atoms with Gasteiger partial charge in [0, 0.05) is 5.41 Å². The fourth-order valence-corrected chi connectivity index (χ4v) is 6.76. The van der Waals surface area contributed by atoms with Gasteiger partial charge in [0.1, 0.15) is 0 Å². The molecular weight excluding hydrogens is 344 g/mol. The molecule has 0 heterocycles. The zero-order chi connectivity index (χ0) is 20.0. The number of unbranched alkanes of at least 4 members (excludes halogenated alkanes) is 8. The largest absolute Gasteiger partial charge is 0.291 e. The van der Waals surface area contributed by atoms with Crippen LogP contribution in [0.2, 0.25) is 0 Å². The monoisotopic (exact) mass is 386 g/mol. The van der Waals surface area contributed by atoms with Gasteiger partial charge < -0.3 is 0 Å². The van der Waals surface area contributed by atoms with E-state index in [2.05, 4.69) is 20.8 Å². The van der Waals surface area contributed by atoms with Gasteiger partial charge in [0.2, 0.25) is 0 Å². The van der Waals surface area contributed by atoms with Crippen LogP contribution in [-0.2, 0) is 10.1 Å². The molecule has 4 heteroatoms. The van der Waals surface area contributed by atoms with Gasteiger partial charge in [0.25, 0.3) is 10.1 Å². The van der Waals surface area contributed by atoms with Gasteiger partial charge >= 0.3 is 0 Å². The van der Waals surface area contributed by atoms with Crippen LogP contribution in [-0.4, -0.2) is 13.0 Å². The third-order valence-electron chi connectivity index (χ3n) is 6.19. The van der Waals surface area contributed by atoms with Crippen molar-refractivity contribution in [1.29, 1.82) is 0 Å². The maximum absolute atomic E-state index is 12.0. The summed E-state index contributed by atoms with van der Waals surface area (Å²) in [5.74, 6) is 0.233. The number of hydrogen-bond donors (Lipinski definition) is 1. The quantitative estimate of drug-likeness (QED) is 0.303. The molecule has 154 valence electrons. The average Bonchev–Trinajstić information content (AvgIpc) is 2.44. The number of allylic oxidation sites excluding steroid dienone is 2. The molecular formula is C22H42O3S. The van der Waals surface area contributed by atoms with Gasteiger partial charge in [-0.15, -0.1) is 0 Å². The van der Waals surface area contributed by atoms with E-state index < -0.39 is 15.5 Å². The lowest BCUT2D eigenvalue weighted by atomic mass is 9.60. The summed E-state index contributed by atoms with van der Waals surface area (Å²) in [7, 11) is -4.14. The van der Waals surface area contributed by atoms with E-state index in [4.69, 9.17) is 0 Å². The molecule has 0 saturated heterocycles. The zero-order valence-corrected chi connectivity index (χ0v) is 18.8. The van der Waals surface area contributed by atoms with Crippen LogP contribution in [0.3, 0.4) is 0 Å². The van der Waals surface area contributed by atoms with Crippen molar-refractivity contribution in [2.45, 2.75) is 112 Å². The summed E-state index contributed by atoms with van der Waals surface area (Å²) in [5.41, 5.74) is 0.436. The molecule has 0 aliphatic heterocycles. The molecule has 0 radical (unpaired) electrons. The molecule has 0 amide bonds. The second-order valence-electron chi connectivity index (χ2n) is 9.71. The Morgan fingerprint density at radius 3 is 1.85 bits per heavy atom. The minimum Gasteiger partial charge on any atom is -0.282 e. The van der Waals surface area contributed by atoms with E-state index in [1.54, 1.807) is 0 Å². The maximum atomic E-state index is 12.0. The summed E-state index contributed by atoms with van der Waals surface area (Å²) in [4.78, 5) is 0.269. The Morgan fingerprint density at radius 1 is 0.923 bits per heavy atom. The van der Waals surface area contributed by atoms with Crippen molar-refractivity contribution in [3.05, 3.63) is 10.5 Å². The molecule has 0 spiro atoms. The molecule has 1 N–H and O–H groups in total. The zero-order valence-electron chi connectivity index (χ0n) is 18.0. The Balaban J connectivity index is 2.62. The normalized spacial score (nSPS) is 22.7. The van der Waals surface area contributed by atoms with E-state index >= 15 is 0 Å². The van der Waals surface area contributed by atoms with Gasteiger partial charge in [-0.2, -0.15) is 8.42 Å². The third-order valence-corrected chi connectivity index (χ3v) is 7.58. The highest BCUT2D eigenvalue weighted by molar-refractivity contribution is 7.89. The van der Waals surface area contributed by atoms with Crippen molar-refractivity contribution in [3.63, 3.8) is 0 Å². The van der Waals surface area contributed by atoms with Crippen LogP contribution in [0.1, 0.15) is 112 Å². The first-order valence-electron chi connectivity index (χ1n) is 10.6. The van der Waals surface area contributed by atoms with Crippen molar-refractivity contribution >= 4 is 10.1 Å². The van der Waals surface area contributed by atoms with Gasteiger partial charge in [-0.1, -0.05) is 98.0 Å². The Labute approximate surface area is 162 Å². The summed E-state index contributed by atoms with van der Waals surface area (Å²) in [5, 5.41) is 0. The molecule has 1 aliphatic carbocycles. The predicted molar refractivity (Wildman–Crippen MR) is 112 cm³/mol. The second-order valence-corrected chi connectivity index (χ2v) is 11.1. The summed E-state index contributed by atoms with van der Waals surface area (Å²) >= 11 is 0. The van der Waals surface area contributed by atoms with E-state index in [0.29, 0.717) is 0 Å². The molecule has 1 unspecified atom stereocenters. The van der Waals surface area contributed by atoms with Gasteiger partial charge in [0.05, 0.1) is 4.91 Å². The number of hydrogen-bond acceptors (Lipinski definition) is 2. The molecule has 0 saturated carbocycles. The summed E-state index contributed by atoms with van der Waals surface area (Å²) in [6, 6.07) is 0. The topological polar surface area (TPSA) is 54.4 Å². The molecule has 0 aromatic carbocycles. The van der Waals surface area contributed by atoms with Gasteiger partial charge in [-0.05, 0) is 31.1 Å². The molecule has 0 fully saturated rings. The second kappa shape index (κ2) is 9.73. The Hall–Kier alpha value is -0.350. The highest BCUT2D eigenvalue weighted by Crippen LogP contribution is 2.54. The minimum atomic E-state index is -4.14. The predicted octanol–water partition coefficient (Wildman–Crippen LogP) is 7.14. The summed E-state index contributed by atoms with van der Waals surface area (Å²) < 4.78 is 33.8. The first-order chi connectivity index (χ1) is 11.9. The molecule has 0 bridgehead atoms. The van der Waals surface area contributed by atoms with Crippen LogP contribution in [0.5, 0.6) is 0 Å². The van der Waals surface area contributed by atoms with Crippen molar-refractivity contribution in [2.24, 2.45) is 16.7 Å². The maximum Gasteiger partial charge on any atom is 0.291 e. The standard InChI is InChI=1S/C22H42O3S/c1-7-8-9-10-11-12-13-14-15-16-19-18(2)20(26(23,24)25)22(5,6)17-21(19,3)4/h19H,7-17H2,1-6H3,(H,23,24,25). The van der Waals surface area contributed by atoms with E-state index in [0.717, 1.165) is 24.8 Å². The van der Waals surface area contributed by atoms with E-state index in [1.807, 2.05) is 20.8 Å². The van der Waals surface area contributed by atoms with Crippen LogP contribution in [0.25, 0.3) is 0 Å². The van der Waals surface area contributed by atoms with Crippen LogP contribution >= 0.6 is 0 Å². The van der Waals surface area contributed by atoms with Gasteiger partial charge in [-0.3, -0.25) is 4.55 Å². The lowest BCUT2D eigenvalue weighted by molar-refractivity contribution is 0.131. The Bertz CT molecular complexity index is 570. The molecule has 1 rings (SSSR count). The van der Waals surface area contributed by atoms with Crippen LogP contribution < -0.4 is 0 Å². The fraction of sp³-hybridized carbons (Fsp3) is 0.909. The molecule has 0 aromatic rings. The van der Waals surface area contributed by atoms with Crippen molar-refractivity contribution < 1.29 is 13.0 Å². The average molecular weight is 387 g/mol. The molecule has 26 heavy (non-hydrogen) atoms. The van der Waals surface area contributed by atoms with Crippen molar-refractivity contribution in [2.75, 3.05) is 0 Å². The van der Waals surface area contributed by atoms with Crippen LogP contribution in [0.4, 0.5) is 0 Å². The lowest BCUT2D eigenvalue weighted by Gasteiger charge is -2.47. The summed E-state index contributed by atoms with van der Waals surface area (Å²) in [6.45, 7) is 12.5. The van der Waals surface area contributed by atoms with Crippen LogP contribution in [0, 0.1) is 16.7 Å². The van der Waals surface area contributed by atoms with E-state index in [1.165, 1.54) is 51.4 Å². The van der Waals surface area contributed by atoms with Gasteiger partial charge in [-0.25, -0.2) is 0 Å². The highest BCUT2D eigenvalue weighted by atomic mass is 32.2. The van der Waals surface area contributed by atoms with E-state index in [9.17, 15) is 13.0 Å². The van der Waals surface area contributed by atoms with E-state index in [-0.39, 0.29) is 16.2 Å². The molecule has 1 atom stereocenters.